The molecule has 0 aliphatic carbocycles. The SMILES string of the molecule is CCC1Cc2c(cncc2Oc2ccc3c(ccn3C(=O)O)c2)CN1. The number of benzene rings is 1. The van der Waals surface area contributed by atoms with Gasteiger partial charge in [-0.25, -0.2) is 4.79 Å². The Morgan fingerprint density at radius 2 is 2.28 bits per heavy atom. The van der Waals surface area contributed by atoms with E-state index < -0.39 is 6.09 Å². The summed E-state index contributed by atoms with van der Waals surface area (Å²) < 4.78 is 7.30. The van der Waals surface area contributed by atoms with Crippen LogP contribution >= 0.6 is 0 Å². The number of nitrogens with zero attached hydrogens (tertiary/aromatic N) is 2. The van der Waals surface area contributed by atoms with E-state index in [-0.39, 0.29) is 0 Å². The molecule has 6 nitrogen and oxygen atoms in total. The molecular formula is C19H19N3O3. The minimum Gasteiger partial charge on any atom is -0.464 e. The van der Waals surface area contributed by atoms with Crippen molar-refractivity contribution in [3.63, 3.8) is 0 Å². The zero-order valence-electron chi connectivity index (χ0n) is 13.9. The summed E-state index contributed by atoms with van der Waals surface area (Å²) >= 11 is 0. The second-order valence-corrected chi connectivity index (χ2v) is 6.26. The average molecular weight is 337 g/mol. The Morgan fingerprint density at radius 3 is 3.08 bits per heavy atom. The Morgan fingerprint density at radius 1 is 1.40 bits per heavy atom. The number of aromatic nitrogens is 2. The first kappa shape index (κ1) is 15.7. The van der Waals surface area contributed by atoms with Gasteiger partial charge in [0.25, 0.3) is 0 Å². The summed E-state index contributed by atoms with van der Waals surface area (Å²) in [6.07, 6.45) is 6.17. The molecule has 0 amide bonds. The van der Waals surface area contributed by atoms with Gasteiger partial charge in [-0.1, -0.05) is 6.92 Å². The third kappa shape index (κ3) is 2.85. The topological polar surface area (TPSA) is 76.4 Å². The van der Waals surface area contributed by atoms with E-state index in [1.54, 1.807) is 30.6 Å². The largest absolute Gasteiger partial charge is 0.464 e. The van der Waals surface area contributed by atoms with Gasteiger partial charge in [0.15, 0.2) is 0 Å². The lowest BCUT2D eigenvalue weighted by molar-refractivity contribution is 0.197. The van der Waals surface area contributed by atoms with E-state index in [1.165, 1.54) is 15.7 Å². The standard InChI is InChI=1S/C19H19N3O3/c1-2-14-8-16-13(10-21-14)9-20-11-18(16)25-15-3-4-17-12(7-15)5-6-22(17)19(23)24/h3-7,9,11,14,21H,2,8,10H2,1H3,(H,23,24). The predicted octanol–water partition coefficient (Wildman–Crippen LogP) is 3.78. The van der Waals surface area contributed by atoms with Crippen LogP contribution in [-0.2, 0) is 13.0 Å². The molecular weight excluding hydrogens is 318 g/mol. The minimum atomic E-state index is -0.997. The van der Waals surface area contributed by atoms with Crippen molar-refractivity contribution >= 4 is 17.0 Å². The Kier molecular flexibility index (Phi) is 3.89. The van der Waals surface area contributed by atoms with Crippen molar-refractivity contribution < 1.29 is 14.6 Å². The van der Waals surface area contributed by atoms with Crippen molar-refractivity contribution in [3.8, 4) is 11.5 Å². The van der Waals surface area contributed by atoms with Gasteiger partial charge >= 0.3 is 6.09 Å². The van der Waals surface area contributed by atoms with E-state index in [4.69, 9.17) is 4.74 Å². The van der Waals surface area contributed by atoms with E-state index >= 15 is 0 Å². The van der Waals surface area contributed by atoms with Crippen molar-refractivity contribution in [1.82, 2.24) is 14.9 Å². The van der Waals surface area contributed by atoms with Crippen LogP contribution in [0.25, 0.3) is 10.9 Å². The maximum absolute atomic E-state index is 11.2. The van der Waals surface area contributed by atoms with Gasteiger partial charge in [-0.2, -0.15) is 0 Å². The number of carboxylic acid groups (broad SMARTS) is 1. The molecule has 1 unspecified atom stereocenters. The number of hydrogen-bond acceptors (Lipinski definition) is 4. The molecule has 1 aromatic carbocycles. The van der Waals surface area contributed by atoms with E-state index in [1.807, 2.05) is 12.3 Å². The van der Waals surface area contributed by atoms with Gasteiger partial charge in [0.1, 0.15) is 11.5 Å². The van der Waals surface area contributed by atoms with Crippen LogP contribution in [-0.4, -0.2) is 26.8 Å². The molecule has 128 valence electrons. The van der Waals surface area contributed by atoms with Crippen molar-refractivity contribution in [1.29, 1.82) is 0 Å². The molecule has 6 heteroatoms. The fourth-order valence-electron chi connectivity index (χ4n) is 3.32. The number of carbonyl (C=O) groups is 1. The van der Waals surface area contributed by atoms with Crippen molar-refractivity contribution in [2.45, 2.75) is 32.4 Å². The van der Waals surface area contributed by atoms with Crippen LogP contribution in [0.2, 0.25) is 0 Å². The summed E-state index contributed by atoms with van der Waals surface area (Å²) in [5.41, 5.74) is 3.01. The van der Waals surface area contributed by atoms with Crippen molar-refractivity contribution in [3.05, 3.63) is 54.0 Å². The summed E-state index contributed by atoms with van der Waals surface area (Å²) in [6.45, 7) is 2.98. The molecule has 0 spiro atoms. The Labute approximate surface area is 145 Å². The lowest BCUT2D eigenvalue weighted by Gasteiger charge is -2.26. The fraction of sp³-hybridized carbons (Fsp3) is 0.263. The molecule has 25 heavy (non-hydrogen) atoms. The maximum Gasteiger partial charge on any atom is 0.415 e. The maximum atomic E-state index is 11.2. The van der Waals surface area contributed by atoms with Crippen molar-refractivity contribution in [2.75, 3.05) is 0 Å². The van der Waals surface area contributed by atoms with Gasteiger partial charge in [-0.15, -0.1) is 0 Å². The van der Waals surface area contributed by atoms with Gasteiger partial charge in [0, 0.05) is 35.9 Å². The van der Waals surface area contributed by atoms with Crippen LogP contribution in [0.1, 0.15) is 24.5 Å². The highest BCUT2D eigenvalue weighted by molar-refractivity contribution is 5.89. The number of rotatable bonds is 3. The number of nitrogens with one attached hydrogen (secondary N) is 1. The van der Waals surface area contributed by atoms with Crippen LogP contribution in [0.5, 0.6) is 11.5 Å². The molecule has 3 aromatic rings. The molecule has 0 saturated carbocycles. The lowest BCUT2D eigenvalue weighted by Crippen LogP contribution is -2.35. The first-order valence-corrected chi connectivity index (χ1v) is 8.37. The third-order valence-corrected chi connectivity index (χ3v) is 4.73. The highest BCUT2D eigenvalue weighted by atomic mass is 16.5. The Hall–Kier alpha value is -2.86. The van der Waals surface area contributed by atoms with Crippen LogP contribution < -0.4 is 10.1 Å². The summed E-state index contributed by atoms with van der Waals surface area (Å²) in [4.78, 5) is 15.5. The predicted molar refractivity (Wildman–Crippen MR) is 94.3 cm³/mol. The van der Waals surface area contributed by atoms with Crippen molar-refractivity contribution in [2.24, 2.45) is 0 Å². The highest BCUT2D eigenvalue weighted by Crippen LogP contribution is 2.32. The minimum absolute atomic E-state index is 0.448. The summed E-state index contributed by atoms with van der Waals surface area (Å²) in [5, 5.41) is 13.5. The van der Waals surface area contributed by atoms with Gasteiger partial charge in [-0.05, 0) is 42.7 Å². The molecule has 2 aromatic heterocycles. The number of pyridine rings is 1. The van der Waals surface area contributed by atoms with Crippen LogP contribution in [0.15, 0.2) is 42.9 Å². The molecule has 2 N–H and O–H groups in total. The van der Waals surface area contributed by atoms with E-state index in [9.17, 15) is 9.90 Å². The second kappa shape index (κ2) is 6.22. The molecule has 1 aliphatic rings. The van der Waals surface area contributed by atoms with Gasteiger partial charge in [0.2, 0.25) is 0 Å². The zero-order chi connectivity index (χ0) is 17.4. The lowest BCUT2D eigenvalue weighted by atomic mass is 9.95. The fourth-order valence-corrected chi connectivity index (χ4v) is 3.32. The normalized spacial score (nSPS) is 16.6. The summed E-state index contributed by atoms with van der Waals surface area (Å²) in [6, 6.07) is 7.63. The Bertz CT molecular complexity index is 948. The molecule has 0 saturated heterocycles. The first-order chi connectivity index (χ1) is 12.2. The van der Waals surface area contributed by atoms with E-state index in [0.717, 1.165) is 30.5 Å². The van der Waals surface area contributed by atoms with Crippen LogP contribution in [0, 0.1) is 0 Å². The summed E-state index contributed by atoms with van der Waals surface area (Å²) in [7, 11) is 0. The molecule has 3 heterocycles. The number of fused-ring (bicyclic) bond motifs is 2. The average Bonchev–Trinajstić information content (AvgIpc) is 3.05. The first-order valence-electron chi connectivity index (χ1n) is 8.37. The van der Waals surface area contributed by atoms with E-state index in [0.29, 0.717) is 17.3 Å². The van der Waals surface area contributed by atoms with Gasteiger partial charge in [0.05, 0.1) is 11.7 Å². The molecule has 0 fully saturated rings. The van der Waals surface area contributed by atoms with Gasteiger partial charge in [-0.3, -0.25) is 9.55 Å². The summed E-state index contributed by atoms with van der Waals surface area (Å²) in [5.74, 6) is 1.45. The quantitative estimate of drug-likeness (QED) is 0.760. The Balaban J connectivity index is 1.67. The van der Waals surface area contributed by atoms with Gasteiger partial charge < -0.3 is 15.2 Å². The smallest absolute Gasteiger partial charge is 0.415 e. The molecule has 4 rings (SSSR count). The monoisotopic (exact) mass is 337 g/mol. The number of ether oxygens (including phenoxy) is 1. The van der Waals surface area contributed by atoms with Crippen LogP contribution in [0.3, 0.4) is 0 Å². The second-order valence-electron chi connectivity index (χ2n) is 6.26. The highest BCUT2D eigenvalue weighted by Gasteiger charge is 2.21. The molecule has 1 atom stereocenters. The zero-order valence-corrected chi connectivity index (χ0v) is 13.9. The molecule has 0 radical (unpaired) electrons. The third-order valence-electron chi connectivity index (χ3n) is 4.73. The molecule has 0 bridgehead atoms. The van der Waals surface area contributed by atoms with Crippen LogP contribution in [0.4, 0.5) is 4.79 Å². The number of hydrogen-bond donors (Lipinski definition) is 2. The molecule has 1 aliphatic heterocycles. The van der Waals surface area contributed by atoms with E-state index in [2.05, 4.69) is 17.2 Å².